The van der Waals surface area contributed by atoms with Crippen LogP contribution in [0.4, 0.5) is 0 Å². The van der Waals surface area contributed by atoms with Crippen molar-refractivity contribution in [3.63, 3.8) is 0 Å². The third-order valence-electron chi connectivity index (χ3n) is 4.79. The van der Waals surface area contributed by atoms with Crippen LogP contribution in [0.1, 0.15) is 41.0 Å². The van der Waals surface area contributed by atoms with Crippen molar-refractivity contribution in [2.24, 2.45) is 0 Å². The number of esters is 1. The van der Waals surface area contributed by atoms with Gasteiger partial charge in [0.2, 0.25) is 0 Å². The Morgan fingerprint density at radius 1 is 1.14 bits per heavy atom. The van der Waals surface area contributed by atoms with Crippen LogP contribution >= 0.6 is 0 Å². The van der Waals surface area contributed by atoms with Crippen LogP contribution < -0.4 is 5.32 Å². The van der Waals surface area contributed by atoms with Crippen molar-refractivity contribution in [2.75, 3.05) is 11.5 Å². The summed E-state index contributed by atoms with van der Waals surface area (Å²) in [5.41, 5.74) is 0.417. The summed E-state index contributed by atoms with van der Waals surface area (Å²) in [5, 5.41) is 2.54. The Labute approximate surface area is 161 Å². The van der Waals surface area contributed by atoms with E-state index in [0.717, 1.165) is 4.90 Å². The zero-order valence-corrected chi connectivity index (χ0v) is 16.2. The number of nitrogens with zero attached hydrogens (tertiary/aromatic N) is 1. The Morgan fingerprint density at radius 2 is 1.71 bits per heavy atom. The summed E-state index contributed by atoms with van der Waals surface area (Å²) in [6, 6.07) is 4.50. The highest BCUT2D eigenvalue weighted by Gasteiger charge is 2.42. The van der Waals surface area contributed by atoms with Crippen molar-refractivity contribution in [1.29, 1.82) is 0 Å². The van der Waals surface area contributed by atoms with E-state index in [2.05, 4.69) is 5.32 Å². The van der Waals surface area contributed by atoms with Crippen molar-refractivity contribution in [3.05, 3.63) is 35.4 Å². The fraction of sp³-hybridized carbons (Fsp3) is 0.444. The number of ether oxygens (including phenoxy) is 1. The smallest absolute Gasteiger partial charge is 0.329 e. The number of nitrogens with one attached hydrogen (secondary N) is 1. The Bertz CT molecular complexity index is 921. The maximum absolute atomic E-state index is 12.4. The summed E-state index contributed by atoms with van der Waals surface area (Å²) < 4.78 is 28.0. The van der Waals surface area contributed by atoms with Gasteiger partial charge in [0.15, 0.2) is 15.9 Å². The van der Waals surface area contributed by atoms with Crippen LogP contribution in [0.5, 0.6) is 0 Å². The van der Waals surface area contributed by atoms with Crippen LogP contribution in [0, 0.1) is 0 Å². The van der Waals surface area contributed by atoms with Gasteiger partial charge in [-0.2, -0.15) is 0 Å². The minimum Gasteiger partial charge on any atom is -0.451 e. The van der Waals surface area contributed by atoms with Crippen LogP contribution in [0.15, 0.2) is 24.3 Å². The number of amides is 3. The number of fused-ring (bicyclic) bond motifs is 1. The molecule has 1 fully saturated rings. The summed E-state index contributed by atoms with van der Waals surface area (Å²) in [6.07, 6.45) is -0.895. The van der Waals surface area contributed by atoms with Gasteiger partial charge in [-0.05, 0) is 32.4 Å². The van der Waals surface area contributed by atoms with Gasteiger partial charge in [-0.1, -0.05) is 12.1 Å². The molecule has 0 radical (unpaired) electrons. The lowest BCUT2D eigenvalue weighted by atomic mass is 10.1. The third-order valence-corrected chi connectivity index (χ3v) is 6.56. The first-order valence-corrected chi connectivity index (χ1v) is 10.6. The largest absolute Gasteiger partial charge is 0.451 e. The molecule has 10 heteroatoms. The van der Waals surface area contributed by atoms with Gasteiger partial charge in [-0.25, -0.2) is 13.2 Å². The molecular weight excluding hydrogens is 388 g/mol. The van der Waals surface area contributed by atoms with Crippen LogP contribution in [0.2, 0.25) is 0 Å². The third kappa shape index (κ3) is 3.77. The van der Waals surface area contributed by atoms with Crippen molar-refractivity contribution in [3.8, 4) is 0 Å². The molecule has 1 aromatic rings. The second-order valence-electron chi connectivity index (χ2n) is 6.89. The second kappa shape index (κ2) is 7.34. The number of hydrogen-bond donors (Lipinski definition) is 1. The van der Waals surface area contributed by atoms with E-state index in [1.807, 2.05) is 0 Å². The molecule has 0 spiro atoms. The topological polar surface area (TPSA) is 127 Å². The van der Waals surface area contributed by atoms with E-state index in [0.29, 0.717) is 6.42 Å². The number of benzene rings is 1. The molecule has 2 heterocycles. The van der Waals surface area contributed by atoms with E-state index in [1.165, 1.54) is 26.0 Å². The first kappa shape index (κ1) is 20.0. The maximum Gasteiger partial charge on any atom is 0.329 e. The Kier molecular flexibility index (Phi) is 5.24. The molecule has 150 valence electrons. The molecule has 1 saturated heterocycles. The summed E-state index contributed by atoms with van der Waals surface area (Å²) in [7, 11) is -3.16. The fourth-order valence-corrected chi connectivity index (χ4v) is 4.89. The van der Waals surface area contributed by atoms with Crippen LogP contribution in [0.25, 0.3) is 0 Å². The highest BCUT2D eigenvalue weighted by Crippen LogP contribution is 2.25. The molecule has 0 saturated carbocycles. The van der Waals surface area contributed by atoms with E-state index in [1.54, 1.807) is 12.1 Å². The van der Waals surface area contributed by atoms with Crippen molar-refractivity contribution < 1.29 is 32.3 Å². The van der Waals surface area contributed by atoms with Crippen LogP contribution in [-0.2, 0) is 24.2 Å². The number of carbonyl (C=O) groups excluding carboxylic acids is 4. The lowest BCUT2D eigenvalue weighted by molar-refractivity contribution is -0.158. The standard InChI is InChI=1S/C18H20N2O7S/c1-10(20-16(22)13-5-3-4-6-14(13)17(20)23)18(24)27-11(2)15(21)19-12-7-8-28(25,26)9-12/h3-6,10-12H,7-9H2,1-2H3,(H,19,21)/t10-,11-,12+/m0/s1. The molecule has 3 atom stereocenters. The molecule has 0 unspecified atom stereocenters. The summed E-state index contributed by atoms with van der Waals surface area (Å²) in [4.78, 5) is 50.2. The molecule has 1 aromatic carbocycles. The van der Waals surface area contributed by atoms with E-state index >= 15 is 0 Å². The predicted molar refractivity (Wildman–Crippen MR) is 97.2 cm³/mol. The predicted octanol–water partition coefficient (Wildman–Crippen LogP) is -0.0939. The zero-order chi connectivity index (χ0) is 20.6. The first-order chi connectivity index (χ1) is 13.1. The molecular formula is C18H20N2O7S. The summed E-state index contributed by atoms with van der Waals surface area (Å²) >= 11 is 0. The number of hydrogen-bond acceptors (Lipinski definition) is 7. The van der Waals surface area contributed by atoms with E-state index in [-0.39, 0.29) is 22.6 Å². The Hall–Kier alpha value is -2.75. The number of carbonyl (C=O) groups is 4. The Balaban J connectivity index is 1.61. The normalized spacial score (nSPS) is 22.5. The quantitative estimate of drug-likeness (QED) is 0.533. The lowest BCUT2D eigenvalue weighted by Crippen LogP contribution is -2.47. The van der Waals surface area contributed by atoms with Crippen LogP contribution in [0.3, 0.4) is 0 Å². The molecule has 3 amide bonds. The van der Waals surface area contributed by atoms with Gasteiger partial charge in [-0.15, -0.1) is 0 Å². The van der Waals surface area contributed by atoms with Gasteiger partial charge in [0.05, 0.1) is 22.6 Å². The maximum atomic E-state index is 12.4. The first-order valence-electron chi connectivity index (χ1n) is 8.79. The van der Waals surface area contributed by atoms with Gasteiger partial charge in [-0.3, -0.25) is 19.3 Å². The highest BCUT2D eigenvalue weighted by atomic mass is 32.2. The monoisotopic (exact) mass is 408 g/mol. The van der Waals surface area contributed by atoms with E-state index in [9.17, 15) is 27.6 Å². The highest BCUT2D eigenvalue weighted by molar-refractivity contribution is 7.91. The van der Waals surface area contributed by atoms with E-state index in [4.69, 9.17) is 4.74 Å². The zero-order valence-electron chi connectivity index (χ0n) is 15.4. The van der Waals surface area contributed by atoms with Gasteiger partial charge in [0.25, 0.3) is 17.7 Å². The van der Waals surface area contributed by atoms with Gasteiger partial charge >= 0.3 is 5.97 Å². The molecule has 0 bridgehead atoms. The lowest BCUT2D eigenvalue weighted by Gasteiger charge is -2.23. The molecule has 0 aromatic heterocycles. The van der Waals surface area contributed by atoms with Crippen LogP contribution in [-0.4, -0.2) is 66.7 Å². The van der Waals surface area contributed by atoms with Crippen molar-refractivity contribution in [2.45, 2.75) is 38.5 Å². The number of imide groups is 1. The molecule has 28 heavy (non-hydrogen) atoms. The van der Waals surface area contributed by atoms with Gasteiger partial charge in [0.1, 0.15) is 6.04 Å². The Morgan fingerprint density at radius 3 is 2.21 bits per heavy atom. The van der Waals surface area contributed by atoms with Gasteiger partial charge < -0.3 is 10.1 Å². The summed E-state index contributed by atoms with van der Waals surface area (Å²) in [6.45, 7) is 2.68. The van der Waals surface area contributed by atoms with Gasteiger partial charge in [0, 0.05) is 6.04 Å². The minimum absolute atomic E-state index is 0.00287. The molecule has 9 nitrogen and oxygen atoms in total. The average molecular weight is 408 g/mol. The fourth-order valence-electron chi connectivity index (χ4n) is 3.22. The molecule has 2 aliphatic heterocycles. The summed E-state index contributed by atoms with van der Waals surface area (Å²) in [5.74, 6) is -2.88. The molecule has 0 aliphatic carbocycles. The SMILES string of the molecule is C[C@H](OC(=O)[C@H](C)N1C(=O)c2ccccc2C1=O)C(=O)N[C@@H]1CCS(=O)(=O)C1. The molecule has 2 aliphatic rings. The number of rotatable bonds is 5. The van der Waals surface area contributed by atoms with Crippen molar-refractivity contribution >= 4 is 33.5 Å². The average Bonchev–Trinajstić information content (AvgIpc) is 3.11. The van der Waals surface area contributed by atoms with Crippen molar-refractivity contribution in [1.82, 2.24) is 10.2 Å². The molecule has 3 rings (SSSR count). The number of sulfone groups is 1. The molecule has 1 N–H and O–H groups in total. The van der Waals surface area contributed by atoms with E-state index < -0.39 is 51.7 Å². The minimum atomic E-state index is -3.16. The second-order valence-corrected chi connectivity index (χ2v) is 9.12.